The maximum absolute atomic E-state index is 12.8. The third-order valence-electron chi connectivity index (χ3n) is 6.23. The summed E-state index contributed by atoms with van der Waals surface area (Å²) in [7, 11) is 1.40. The Balaban J connectivity index is 1.61. The van der Waals surface area contributed by atoms with E-state index in [4.69, 9.17) is 9.47 Å². The normalized spacial score (nSPS) is 14.4. The second kappa shape index (κ2) is 12.0. The highest BCUT2D eigenvalue weighted by atomic mass is 16.5. The van der Waals surface area contributed by atoms with Gasteiger partial charge >= 0.3 is 12.1 Å². The topological polar surface area (TPSA) is 76.7 Å². The quantitative estimate of drug-likeness (QED) is 0.450. The van der Waals surface area contributed by atoms with Crippen LogP contribution in [0.5, 0.6) is 0 Å². The molecule has 0 saturated heterocycles. The number of benzene rings is 2. The number of amides is 1. The van der Waals surface area contributed by atoms with Crippen molar-refractivity contribution in [2.24, 2.45) is 11.8 Å². The summed E-state index contributed by atoms with van der Waals surface area (Å²) < 4.78 is 10.7. The lowest BCUT2D eigenvalue weighted by Crippen LogP contribution is -2.48. The molecule has 34 heavy (non-hydrogen) atoms. The van der Waals surface area contributed by atoms with Gasteiger partial charge < -0.3 is 20.1 Å². The summed E-state index contributed by atoms with van der Waals surface area (Å²) in [5.41, 5.74) is 4.78. The van der Waals surface area contributed by atoms with E-state index in [1.165, 1.54) is 29.4 Å². The molecule has 6 heteroatoms. The van der Waals surface area contributed by atoms with Crippen LogP contribution in [-0.4, -0.2) is 44.4 Å². The highest BCUT2D eigenvalue weighted by Crippen LogP contribution is 2.44. The molecule has 2 N–H and O–H groups in total. The number of carbonyl (C=O) groups excluding carboxylic acids is 2. The van der Waals surface area contributed by atoms with Crippen LogP contribution in [0.15, 0.2) is 48.5 Å². The van der Waals surface area contributed by atoms with Gasteiger partial charge in [-0.15, -0.1) is 0 Å². The molecule has 1 aliphatic carbocycles. The van der Waals surface area contributed by atoms with Crippen LogP contribution in [0.1, 0.15) is 57.6 Å². The summed E-state index contributed by atoms with van der Waals surface area (Å²) in [5, 5.41) is 6.30. The summed E-state index contributed by atoms with van der Waals surface area (Å²) in [6.07, 6.45) is 1.01. The largest absolute Gasteiger partial charge is 0.468 e. The fourth-order valence-electron chi connectivity index (χ4n) is 4.73. The third-order valence-corrected chi connectivity index (χ3v) is 6.23. The Morgan fingerprint density at radius 1 is 0.882 bits per heavy atom. The molecule has 2 aromatic carbocycles. The molecular weight excluding hydrogens is 428 g/mol. The lowest BCUT2D eigenvalue weighted by Gasteiger charge is -2.25. The third kappa shape index (κ3) is 6.60. The van der Waals surface area contributed by atoms with Crippen molar-refractivity contribution in [2.75, 3.05) is 20.3 Å². The molecule has 0 saturated carbocycles. The molecule has 2 atom stereocenters. The Kier molecular flexibility index (Phi) is 9.11. The Bertz CT molecular complexity index is 927. The molecule has 0 heterocycles. The molecule has 184 valence electrons. The van der Waals surface area contributed by atoms with Crippen molar-refractivity contribution < 1.29 is 19.1 Å². The fraction of sp³-hybridized carbons (Fsp3) is 0.500. The summed E-state index contributed by atoms with van der Waals surface area (Å²) in [5.74, 6) is 0.463. The molecule has 1 amide bonds. The van der Waals surface area contributed by atoms with Crippen LogP contribution in [0.25, 0.3) is 11.1 Å². The van der Waals surface area contributed by atoms with Crippen molar-refractivity contribution in [3.8, 4) is 11.1 Å². The number of ether oxygens (including phenoxy) is 2. The van der Waals surface area contributed by atoms with E-state index >= 15 is 0 Å². The summed E-state index contributed by atoms with van der Waals surface area (Å²) >= 11 is 0. The summed E-state index contributed by atoms with van der Waals surface area (Å²) in [4.78, 5) is 24.9. The van der Waals surface area contributed by atoms with Crippen LogP contribution >= 0.6 is 0 Å². The average molecular weight is 467 g/mol. The average Bonchev–Trinajstić information content (AvgIpc) is 3.13. The maximum atomic E-state index is 12.8. The first-order valence-electron chi connectivity index (χ1n) is 12.2. The Labute approximate surface area is 203 Å². The standard InChI is InChI=1S/C28H38N2O4/c1-18(2)14-20(16-29-26(15-19(3)4)27(31)33-5)30-28(32)34-17-25-23-12-8-6-10-21(23)22-11-7-9-13-24(22)25/h6-13,18-20,25-26,29H,14-17H2,1-5H3,(H,30,32). The predicted molar refractivity (Wildman–Crippen MR) is 135 cm³/mol. The van der Waals surface area contributed by atoms with Crippen LogP contribution in [0, 0.1) is 11.8 Å². The fourth-order valence-corrected chi connectivity index (χ4v) is 4.73. The van der Waals surface area contributed by atoms with Gasteiger partial charge in [0.05, 0.1) is 7.11 Å². The second-order valence-corrected chi connectivity index (χ2v) is 9.91. The number of carbonyl (C=O) groups is 2. The molecule has 0 spiro atoms. The number of nitrogens with one attached hydrogen (secondary N) is 2. The first-order chi connectivity index (χ1) is 16.3. The molecule has 0 radical (unpaired) electrons. The Morgan fingerprint density at radius 2 is 1.44 bits per heavy atom. The van der Waals surface area contributed by atoms with E-state index < -0.39 is 12.1 Å². The van der Waals surface area contributed by atoms with Gasteiger partial charge in [0.2, 0.25) is 0 Å². The molecule has 2 aromatic rings. The lowest BCUT2D eigenvalue weighted by atomic mass is 9.98. The van der Waals surface area contributed by atoms with Gasteiger partial charge in [0, 0.05) is 18.5 Å². The van der Waals surface area contributed by atoms with Gasteiger partial charge in [-0.05, 0) is 46.9 Å². The zero-order valence-corrected chi connectivity index (χ0v) is 21.0. The molecule has 2 unspecified atom stereocenters. The highest BCUT2D eigenvalue weighted by molar-refractivity contribution is 5.79. The highest BCUT2D eigenvalue weighted by Gasteiger charge is 2.29. The molecule has 0 fully saturated rings. The van der Waals surface area contributed by atoms with Gasteiger partial charge in [-0.25, -0.2) is 4.79 Å². The van der Waals surface area contributed by atoms with Crippen LogP contribution in [-0.2, 0) is 14.3 Å². The van der Waals surface area contributed by atoms with Crippen molar-refractivity contribution in [1.29, 1.82) is 0 Å². The van der Waals surface area contributed by atoms with Crippen LogP contribution in [0.4, 0.5) is 4.79 Å². The van der Waals surface area contributed by atoms with Gasteiger partial charge in [-0.2, -0.15) is 0 Å². The lowest BCUT2D eigenvalue weighted by molar-refractivity contribution is -0.143. The number of methoxy groups -OCH3 is 1. The first kappa shape index (κ1) is 25.8. The number of rotatable bonds is 11. The first-order valence-corrected chi connectivity index (χ1v) is 12.2. The molecule has 6 nitrogen and oxygen atoms in total. The molecular formula is C28H38N2O4. The van der Waals surface area contributed by atoms with Crippen molar-refractivity contribution in [3.63, 3.8) is 0 Å². The van der Waals surface area contributed by atoms with Gasteiger partial charge in [-0.1, -0.05) is 76.2 Å². The number of alkyl carbamates (subject to hydrolysis) is 1. The van der Waals surface area contributed by atoms with Crippen molar-refractivity contribution in [1.82, 2.24) is 10.6 Å². The minimum atomic E-state index is -0.437. The van der Waals surface area contributed by atoms with Crippen molar-refractivity contribution in [2.45, 2.75) is 58.5 Å². The number of hydrogen-bond donors (Lipinski definition) is 2. The van der Waals surface area contributed by atoms with Gasteiger partial charge in [0.1, 0.15) is 12.6 Å². The van der Waals surface area contributed by atoms with Crippen LogP contribution in [0.2, 0.25) is 0 Å². The van der Waals surface area contributed by atoms with Gasteiger partial charge in [0.15, 0.2) is 0 Å². The zero-order valence-electron chi connectivity index (χ0n) is 21.0. The minimum Gasteiger partial charge on any atom is -0.468 e. The number of fused-ring (bicyclic) bond motifs is 3. The summed E-state index contributed by atoms with van der Waals surface area (Å²) in [6.45, 7) is 9.10. The van der Waals surface area contributed by atoms with E-state index in [9.17, 15) is 9.59 Å². The van der Waals surface area contributed by atoms with Crippen LogP contribution in [0.3, 0.4) is 0 Å². The number of esters is 1. The monoisotopic (exact) mass is 466 g/mol. The maximum Gasteiger partial charge on any atom is 0.407 e. The predicted octanol–water partition coefficient (Wildman–Crippen LogP) is 5.12. The Morgan fingerprint density at radius 3 is 1.97 bits per heavy atom. The molecule has 3 rings (SSSR count). The zero-order chi connectivity index (χ0) is 24.7. The second-order valence-electron chi connectivity index (χ2n) is 9.91. The van der Waals surface area contributed by atoms with E-state index in [1.807, 2.05) is 24.3 Å². The van der Waals surface area contributed by atoms with E-state index in [0.717, 1.165) is 6.42 Å². The minimum absolute atomic E-state index is 0.0228. The molecule has 0 aliphatic heterocycles. The van der Waals surface area contributed by atoms with E-state index in [-0.39, 0.29) is 24.5 Å². The van der Waals surface area contributed by atoms with E-state index in [2.05, 4.69) is 62.6 Å². The van der Waals surface area contributed by atoms with Crippen molar-refractivity contribution in [3.05, 3.63) is 59.7 Å². The van der Waals surface area contributed by atoms with E-state index in [1.54, 1.807) is 0 Å². The number of hydrogen-bond acceptors (Lipinski definition) is 5. The summed E-state index contributed by atoms with van der Waals surface area (Å²) in [6, 6.07) is 16.0. The SMILES string of the molecule is COC(=O)C(CC(C)C)NCC(CC(C)C)NC(=O)OCC1c2ccccc2-c2ccccc21. The van der Waals surface area contributed by atoms with Gasteiger partial charge in [0.25, 0.3) is 0 Å². The molecule has 0 aromatic heterocycles. The molecule has 0 bridgehead atoms. The van der Waals surface area contributed by atoms with Crippen LogP contribution < -0.4 is 10.6 Å². The smallest absolute Gasteiger partial charge is 0.407 e. The van der Waals surface area contributed by atoms with E-state index in [0.29, 0.717) is 24.8 Å². The van der Waals surface area contributed by atoms with Crippen molar-refractivity contribution >= 4 is 12.1 Å². The Hall–Kier alpha value is -2.86. The van der Waals surface area contributed by atoms with Gasteiger partial charge in [-0.3, -0.25) is 4.79 Å². The molecule has 1 aliphatic rings.